The Morgan fingerprint density at radius 2 is 1.91 bits per heavy atom. The zero-order valence-electron chi connectivity index (χ0n) is 17.4. The monoisotopic (exact) mass is 512 g/mol. The fourth-order valence-electron chi connectivity index (χ4n) is 3.90. The second-order valence-corrected chi connectivity index (χ2v) is 9.83. The van der Waals surface area contributed by atoms with Gasteiger partial charge in [0.25, 0.3) is 0 Å². The number of nitrogens with zero attached hydrogens (tertiary/aromatic N) is 2. The van der Waals surface area contributed by atoms with E-state index in [1.165, 1.54) is 18.3 Å². The minimum absolute atomic E-state index is 0.134. The van der Waals surface area contributed by atoms with Crippen molar-refractivity contribution in [2.24, 2.45) is 0 Å². The first-order chi connectivity index (χ1) is 16.1. The van der Waals surface area contributed by atoms with Crippen molar-refractivity contribution in [3.8, 4) is 0 Å². The summed E-state index contributed by atoms with van der Waals surface area (Å²) in [5.74, 6) is -1.11. The summed E-state index contributed by atoms with van der Waals surface area (Å²) in [6, 6.07) is 8.44. The van der Waals surface area contributed by atoms with E-state index < -0.39 is 45.1 Å². The number of sulfonamides is 1. The van der Waals surface area contributed by atoms with Crippen LogP contribution in [-0.4, -0.2) is 60.4 Å². The Bertz CT molecular complexity index is 1380. The molecule has 34 heavy (non-hydrogen) atoms. The Hall–Kier alpha value is -3.22. The molecule has 1 aliphatic heterocycles. The largest absolute Gasteiger partial charge is 0.464 e. The van der Waals surface area contributed by atoms with Gasteiger partial charge in [0.15, 0.2) is 5.82 Å². The third kappa shape index (κ3) is 4.56. The number of hydrogen-bond acceptors (Lipinski definition) is 4. The van der Waals surface area contributed by atoms with Crippen LogP contribution in [0.5, 0.6) is 0 Å². The topological polar surface area (TPSA) is 121 Å². The number of benzene rings is 2. The van der Waals surface area contributed by atoms with Crippen molar-refractivity contribution in [2.45, 2.75) is 23.5 Å². The molecule has 0 unspecified atom stereocenters. The predicted octanol–water partition coefficient (Wildman–Crippen LogP) is 3.88. The van der Waals surface area contributed by atoms with Crippen LogP contribution in [0.1, 0.15) is 6.42 Å². The molecule has 13 heteroatoms. The summed E-state index contributed by atoms with van der Waals surface area (Å²) in [5.41, 5.74) is 0.550. The van der Waals surface area contributed by atoms with E-state index in [1.807, 2.05) is 0 Å². The van der Waals surface area contributed by atoms with E-state index >= 15 is 0 Å². The average molecular weight is 513 g/mol. The lowest BCUT2D eigenvalue weighted by atomic mass is 10.2. The van der Waals surface area contributed by atoms with Gasteiger partial charge in [0, 0.05) is 30.6 Å². The second-order valence-electron chi connectivity index (χ2n) is 7.69. The average Bonchev–Trinajstić information content (AvgIpc) is 3.35. The number of alkyl halides is 1. The van der Waals surface area contributed by atoms with Gasteiger partial charge in [-0.25, -0.2) is 31.5 Å². The minimum atomic E-state index is -4.32. The van der Waals surface area contributed by atoms with Gasteiger partial charge < -0.3 is 15.3 Å². The van der Waals surface area contributed by atoms with E-state index in [4.69, 9.17) is 11.6 Å². The number of rotatable bonds is 5. The molecule has 0 radical (unpaired) electrons. The van der Waals surface area contributed by atoms with Crippen molar-refractivity contribution in [3.63, 3.8) is 0 Å². The molecule has 1 fully saturated rings. The summed E-state index contributed by atoms with van der Waals surface area (Å²) < 4.78 is 56.6. The number of carbonyl (C=O) groups is 2. The van der Waals surface area contributed by atoms with Crippen LogP contribution in [-0.2, 0) is 10.0 Å². The number of amides is 2. The molecule has 0 aliphatic carbocycles. The van der Waals surface area contributed by atoms with E-state index in [0.29, 0.717) is 10.9 Å². The molecule has 1 saturated heterocycles. The van der Waals surface area contributed by atoms with Crippen LogP contribution in [0.25, 0.3) is 10.9 Å². The lowest BCUT2D eigenvalue weighted by Crippen LogP contribution is -2.45. The number of halogens is 3. The first-order valence-corrected chi connectivity index (χ1v) is 11.9. The maximum atomic E-state index is 14.2. The van der Waals surface area contributed by atoms with Crippen LogP contribution in [0.2, 0.25) is 5.02 Å². The number of carbonyl (C=O) groups excluding carboxylic acids is 1. The van der Waals surface area contributed by atoms with Crippen molar-refractivity contribution in [1.82, 2.24) is 14.2 Å². The van der Waals surface area contributed by atoms with Gasteiger partial charge in [0.1, 0.15) is 11.1 Å². The molecular formula is C21H19ClF2N4O5S. The van der Waals surface area contributed by atoms with Crippen molar-refractivity contribution < 1.29 is 31.9 Å². The van der Waals surface area contributed by atoms with E-state index in [-0.39, 0.29) is 30.2 Å². The maximum Gasteiger partial charge on any atom is 0.416 e. The van der Waals surface area contributed by atoms with Gasteiger partial charge in [-0.3, -0.25) is 4.57 Å². The minimum Gasteiger partial charge on any atom is -0.464 e. The molecule has 9 nitrogen and oxygen atoms in total. The van der Waals surface area contributed by atoms with Crippen LogP contribution >= 0.6 is 11.6 Å². The molecule has 2 heterocycles. The number of aromatic nitrogens is 1. The molecule has 0 spiro atoms. The van der Waals surface area contributed by atoms with Gasteiger partial charge in [0.2, 0.25) is 10.0 Å². The number of fused-ring (bicyclic) bond motifs is 1. The van der Waals surface area contributed by atoms with E-state index in [2.05, 4.69) is 10.0 Å². The summed E-state index contributed by atoms with van der Waals surface area (Å²) in [6.45, 7) is -0.652. The molecule has 2 aromatic carbocycles. The highest BCUT2D eigenvalue weighted by Crippen LogP contribution is 2.28. The van der Waals surface area contributed by atoms with Crippen LogP contribution in [0.3, 0.4) is 0 Å². The molecule has 0 bridgehead atoms. The Morgan fingerprint density at radius 1 is 1.18 bits per heavy atom. The first kappa shape index (κ1) is 23.9. The number of urea groups is 1. The van der Waals surface area contributed by atoms with Crippen LogP contribution in [0.4, 0.5) is 24.1 Å². The van der Waals surface area contributed by atoms with Gasteiger partial charge in [0.05, 0.1) is 22.8 Å². The molecule has 1 aliphatic rings. The molecule has 180 valence electrons. The number of nitrogens with one attached hydrogen (secondary N) is 2. The van der Waals surface area contributed by atoms with Crippen molar-refractivity contribution in [3.05, 3.63) is 59.5 Å². The quantitative estimate of drug-likeness (QED) is 0.479. The maximum absolute atomic E-state index is 14.2. The van der Waals surface area contributed by atoms with Gasteiger partial charge in [-0.15, -0.1) is 0 Å². The molecule has 3 aromatic rings. The lowest BCUT2D eigenvalue weighted by molar-refractivity contribution is 0.197. The predicted molar refractivity (Wildman–Crippen MR) is 121 cm³/mol. The highest BCUT2D eigenvalue weighted by Gasteiger charge is 2.36. The molecule has 1 aromatic heterocycles. The molecule has 0 saturated carbocycles. The Balaban J connectivity index is 1.52. The number of likely N-dealkylation sites (tertiary alicyclic amines) is 1. The highest BCUT2D eigenvalue weighted by atomic mass is 35.5. The summed E-state index contributed by atoms with van der Waals surface area (Å²) in [7, 11) is -4.32. The van der Waals surface area contributed by atoms with Crippen LogP contribution in [0.15, 0.2) is 53.6 Å². The smallest absolute Gasteiger partial charge is 0.416 e. The number of carboxylic acid groups (broad SMARTS) is 1. The molecule has 2 amide bonds. The second kappa shape index (κ2) is 9.20. The fourth-order valence-corrected chi connectivity index (χ4v) is 5.30. The standard InChI is InChI=1S/C21H19ClF2N4O5S/c22-15-5-3-7-18(19(15)24)34(32,33)25-9-13-8-12(23)10-27(13)20(29)26-16-11-28(21(30)31)17-6-2-1-4-14(16)17/h1-7,11-13,25H,8-10H2,(H,26,29)(H,30,31)/t12-,13+/m1/s1. The first-order valence-electron chi connectivity index (χ1n) is 10.1. The zero-order chi connectivity index (χ0) is 24.6. The van der Waals surface area contributed by atoms with Gasteiger partial charge in [-0.05, 0) is 18.2 Å². The number of hydrogen-bond donors (Lipinski definition) is 3. The molecular weight excluding hydrogens is 494 g/mol. The Morgan fingerprint density at radius 3 is 2.65 bits per heavy atom. The van der Waals surface area contributed by atoms with Gasteiger partial charge in [-0.1, -0.05) is 35.9 Å². The van der Waals surface area contributed by atoms with Crippen molar-refractivity contribution in [1.29, 1.82) is 0 Å². The lowest BCUT2D eigenvalue weighted by Gasteiger charge is -2.24. The number of anilines is 1. The third-order valence-corrected chi connectivity index (χ3v) is 7.23. The number of para-hydroxylation sites is 1. The molecule has 4 rings (SSSR count). The van der Waals surface area contributed by atoms with Gasteiger partial charge >= 0.3 is 12.1 Å². The molecule has 2 atom stereocenters. The SMILES string of the molecule is O=C(Nc1cn(C(=O)O)c2ccccc12)N1C[C@H](F)C[C@H]1CNS(=O)(=O)c1cccc(Cl)c1F. The fraction of sp³-hybridized carbons (Fsp3) is 0.238. The summed E-state index contributed by atoms with van der Waals surface area (Å²) in [6.07, 6.45) is -1.55. The van der Waals surface area contributed by atoms with E-state index in [1.54, 1.807) is 24.3 Å². The van der Waals surface area contributed by atoms with Crippen molar-refractivity contribution in [2.75, 3.05) is 18.4 Å². The van der Waals surface area contributed by atoms with E-state index in [0.717, 1.165) is 15.5 Å². The third-order valence-electron chi connectivity index (χ3n) is 5.50. The zero-order valence-corrected chi connectivity index (χ0v) is 19.0. The molecule has 3 N–H and O–H groups in total. The summed E-state index contributed by atoms with van der Waals surface area (Å²) in [5, 5.41) is 12.1. The highest BCUT2D eigenvalue weighted by molar-refractivity contribution is 7.89. The normalized spacial score (nSPS) is 18.4. The van der Waals surface area contributed by atoms with Crippen LogP contribution in [0, 0.1) is 5.82 Å². The summed E-state index contributed by atoms with van der Waals surface area (Å²) >= 11 is 5.65. The van der Waals surface area contributed by atoms with Crippen LogP contribution < -0.4 is 10.0 Å². The summed E-state index contributed by atoms with van der Waals surface area (Å²) in [4.78, 5) is 24.9. The Labute approximate surface area is 198 Å². The Kier molecular flexibility index (Phi) is 6.47. The van der Waals surface area contributed by atoms with Gasteiger partial charge in [-0.2, -0.15) is 0 Å². The van der Waals surface area contributed by atoms with Crippen molar-refractivity contribution >= 4 is 50.3 Å². The van der Waals surface area contributed by atoms with E-state index in [9.17, 15) is 31.9 Å².